The highest BCUT2D eigenvalue weighted by molar-refractivity contribution is 7.99. The lowest BCUT2D eigenvalue weighted by Gasteiger charge is -2.18. The molecule has 1 amide bonds. The second-order valence-electron chi connectivity index (χ2n) is 7.57. The molecule has 0 fully saturated rings. The minimum atomic E-state index is -0.0343. The normalized spacial score (nSPS) is 13.4. The monoisotopic (exact) mass is 427 g/mol. The molecule has 1 aromatic carbocycles. The van der Waals surface area contributed by atoms with Crippen molar-refractivity contribution in [1.82, 2.24) is 14.9 Å². The predicted molar refractivity (Wildman–Crippen MR) is 121 cm³/mol. The SMILES string of the molecule is Cc1ccccc1CN(C)C(=O)CSCc1nc2sc3c(c2c(=O)[nH]1)CCCC3. The lowest BCUT2D eigenvalue weighted by Crippen LogP contribution is -2.28. The first-order chi connectivity index (χ1) is 14.0. The molecule has 2 heterocycles. The second kappa shape index (κ2) is 8.71. The van der Waals surface area contributed by atoms with Gasteiger partial charge in [-0.1, -0.05) is 24.3 Å². The van der Waals surface area contributed by atoms with Gasteiger partial charge in [-0.3, -0.25) is 9.59 Å². The molecular weight excluding hydrogens is 402 g/mol. The Morgan fingerprint density at radius 3 is 2.90 bits per heavy atom. The van der Waals surface area contributed by atoms with E-state index >= 15 is 0 Å². The maximum absolute atomic E-state index is 12.6. The van der Waals surface area contributed by atoms with Crippen LogP contribution in [0.4, 0.5) is 0 Å². The summed E-state index contributed by atoms with van der Waals surface area (Å²) in [5.74, 6) is 1.62. The van der Waals surface area contributed by atoms with Gasteiger partial charge in [0.05, 0.1) is 16.9 Å². The molecule has 152 valence electrons. The van der Waals surface area contributed by atoms with Gasteiger partial charge in [-0.25, -0.2) is 4.98 Å². The van der Waals surface area contributed by atoms with Gasteiger partial charge in [0.1, 0.15) is 10.7 Å². The van der Waals surface area contributed by atoms with E-state index in [1.165, 1.54) is 34.2 Å². The molecule has 1 aliphatic carbocycles. The van der Waals surface area contributed by atoms with Gasteiger partial charge in [0.2, 0.25) is 5.91 Å². The molecule has 1 N–H and O–H groups in total. The van der Waals surface area contributed by atoms with Crippen LogP contribution in [0.25, 0.3) is 10.2 Å². The number of carbonyl (C=O) groups is 1. The summed E-state index contributed by atoms with van der Waals surface area (Å²) in [6.45, 7) is 2.66. The van der Waals surface area contributed by atoms with Crippen molar-refractivity contribution in [2.24, 2.45) is 0 Å². The van der Waals surface area contributed by atoms with Crippen molar-refractivity contribution in [3.8, 4) is 0 Å². The largest absolute Gasteiger partial charge is 0.341 e. The molecule has 0 radical (unpaired) electrons. The smallest absolute Gasteiger partial charge is 0.259 e. The number of thiophene rings is 1. The molecule has 0 saturated heterocycles. The van der Waals surface area contributed by atoms with Crippen molar-refractivity contribution >= 4 is 39.2 Å². The number of benzene rings is 1. The van der Waals surface area contributed by atoms with Crippen LogP contribution in [0.15, 0.2) is 29.1 Å². The summed E-state index contributed by atoms with van der Waals surface area (Å²) in [5, 5.41) is 0.785. The van der Waals surface area contributed by atoms with Gasteiger partial charge < -0.3 is 9.88 Å². The third kappa shape index (κ3) is 4.41. The number of aromatic nitrogens is 2. The van der Waals surface area contributed by atoms with E-state index in [1.54, 1.807) is 16.2 Å². The van der Waals surface area contributed by atoms with Crippen molar-refractivity contribution in [1.29, 1.82) is 0 Å². The van der Waals surface area contributed by atoms with Crippen LogP contribution in [0, 0.1) is 6.92 Å². The van der Waals surface area contributed by atoms with E-state index in [4.69, 9.17) is 0 Å². The van der Waals surface area contributed by atoms with Crippen LogP contribution in [0.3, 0.4) is 0 Å². The molecule has 0 spiro atoms. The Hall–Kier alpha value is -2.12. The summed E-state index contributed by atoms with van der Waals surface area (Å²) in [7, 11) is 1.83. The predicted octanol–water partition coefficient (Wildman–Crippen LogP) is 4.06. The quantitative estimate of drug-likeness (QED) is 0.644. The summed E-state index contributed by atoms with van der Waals surface area (Å²) >= 11 is 3.15. The van der Waals surface area contributed by atoms with Crippen molar-refractivity contribution in [3.05, 3.63) is 62.0 Å². The molecule has 0 saturated carbocycles. The Balaban J connectivity index is 1.38. The highest BCUT2D eigenvalue weighted by Gasteiger charge is 2.20. The molecule has 0 atom stereocenters. The molecule has 5 nitrogen and oxygen atoms in total. The van der Waals surface area contributed by atoms with Crippen LogP contribution >= 0.6 is 23.1 Å². The Morgan fingerprint density at radius 1 is 1.28 bits per heavy atom. The topological polar surface area (TPSA) is 66.1 Å². The van der Waals surface area contributed by atoms with Gasteiger partial charge in [0, 0.05) is 18.5 Å². The standard InChI is InChI=1S/C22H25N3O2S2/c1-14-7-3-4-8-15(14)11-25(2)19(26)13-28-12-18-23-21(27)20-16-9-5-6-10-17(16)29-22(20)24-18/h3-4,7-8H,5-6,9-13H2,1-2H3,(H,23,24,27). The minimum absolute atomic E-state index is 0.0343. The Labute approximate surface area is 178 Å². The summed E-state index contributed by atoms with van der Waals surface area (Å²) in [6, 6.07) is 8.11. The first kappa shape index (κ1) is 20.2. The first-order valence-electron chi connectivity index (χ1n) is 9.92. The summed E-state index contributed by atoms with van der Waals surface area (Å²) < 4.78 is 0. The molecule has 3 aromatic rings. The maximum Gasteiger partial charge on any atom is 0.259 e. The Kier molecular flexibility index (Phi) is 6.06. The molecule has 0 unspecified atom stereocenters. The average Bonchev–Trinajstić information content (AvgIpc) is 3.08. The van der Waals surface area contributed by atoms with Gasteiger partial charge >= 0.3 is 0 Å². The number of aryl methyl sites for hydroxylation is 3. The van der Waals surface area contributed by atoms with Crippen LogP contribution in [-0.4, -0.2) is 33.6 Å². The molecule has 4 rings (SSSR count). The lowest BCUT2D eigenvalue weighted by atomic mass is 9.97. The number of nitrogens with zero attached hydrogens (tertiary/aromatic N) is 2. The molecule has 1 aliphatic rings. The number of nitrogens with one attached hydrogen (secondary N) is 1. The van der Waals surface area contributed by atoms with Crippen molar-refractivity contribution < 1.29 is 4.79 Å². The van der Waals surface area contributed by atoms with Gasteiger partial charge in [0.25, 0.3) is 5.56 Å². The van der Waals surface area contributed by atoms with Crippen LogP contribution in [0.5, 0.6) is 0 Å². The van der Waals surface area contributed by atoms with E-state index < -0.39 is 0 Å². The van der Waals surface area contributed by atoms with Gasteiger partial charge in [0.15, 0.2) is 0 Å². The van der Waals surface area contributed by atoms with Crippen molar-refractivity contribution in [2.45, 2.75) is 44.9 Å². The number of thioether (sulfide) groups is 1. The Morgan fingerprint density at radius 2 is 2.07 bits per heavy atom. The maximum atomic E-state index is 12.6. The van der Waals surface area contributed by atoms with E-state index in [9.17, 15) is 9.59 Å². The van der Waals surface area contributed by atoms with E-state index in [0.717, 1.165) is 35.0 Å². The van der Waals surface area contributed by atoms with E-state index in [0.29, 0.717) is 23.9 Å². The Bertz CT molecular complexity index is 1100. The number of H-pyrrole nitrogens is 1. The number of fused-ring (bicyclic) bond motifs is 3. The van der Waals surface area contributed by atoms with Gasteiger partial charge in [-0.15, -0.1) is 23.1 Å². The first-order valence-corrected chi connectivity index (χ1v) is 11.9. The van der Waals surface area contributed by atoms with E-state index in [-0.39, 0.29) is 11.5 Å². The van der Waals surface area contributed by atoms with Crippen LogP contribution in [0.2, 0.25) is 0 Å². The number of hydrogen-bond donors (Lipinski definition) is 1. The number of amides is 1. The van der Waals surface area contributed by atoms with Crippen LogP contribution < -0.4 is 5.56 Å². The number of aromatic amines is 1. The number of carbonyl (C=O) groups excluding carboxylic acids is 1. The minimum Gasteiger partial charge on any atom is -0.341 e. The number of hydrogen-bond acceptors (Lipinski definition) is 5. The van der Waals surface area contributed by atoms with Crippen molar-refractivity contribution in [2.75, 3.05) is 12.8 Å². The van der Waals surface area contributed by atoms with Gasteiger partial charge in [-0.05, 0) is 49.3 Å². The fraction of sp³-hybridized carbons (Fsp3) is 0.409. The summed E-state index contributed by atoms with van der Waals surface area (Å²) in [6.07, 6.45) is 4.38. The fourth-order valence-corrected chi connectivity index (χ4v) is 5.86. The average molecular weight is 428 g/mol. The zero-order valence-electron chi connectivity index (χ0n) is 16.8. The second-order valence-corrected chi connectivity index (χ2v) is 9.64. The fourth-order valence-electron chi connectivity index (χ4n) is 3.75. The molecule has 2 aromatic heterocycles. The molecule has 0 aliphatic heterocycles. The zero-order valence-corrected chi connectivity index (χ0v) is 18.4. The third-order valence-corrected chi connectivity index (χ3v) is 7.55. The van der Waals surface area contributed by atoms with Crippen molar-refractivity contribution in [3.63, 3.8) is 0 Å². The number of rotatable bonds is 6. The molecule has 29 heavy (non-hydrogen) atoms. The highest BCUT2D eigenvalue weighted by Crippen LogP contribution is 2.33. The summed E-state index contributed by atoms with van der Waals surface area (Å²) in [4.78, 5) is 36.6. The van der Waals surface area contributed by atoms with Crippen LogP contribution in [0.1, 0.15) is 40.2 Å². The molecular formula is C22H25N3O2S2. The molecule has 0 bridgehead atoms. The van der Waals surface area contributed by atoms with Crippen LogP contribution in [-0.2, 0) is 29.9 Å². The van der Waals surface area contributed by atoms with Gasteiger partial charge in [-0.2, -0.15) is 0 Å². The molecule has 7 heteroatoms. The van der Waals surface area contributed by atoms with E-state index in [1.807, 2.05) is 19.2 Å². The third-order valence-electron chi connectivity index (χ3n) is 5.43. The highest BCUT2D eigenvalue weighted by atomic mass is 32.2. The summed E-state index contributed by atoms with van der Waals surface area (Å²) in [5.41, 5.74) is 3.52. The lowest BCUT2D eigenvalue weighted by molar-refractivity contribution is -0.127. The van der Waals surface area contributed by atoms with E-state index in [2.05, 4.69) is 29.0 Å². The zero-order chi connectivity index (χ0) is 20.4.